The molecule has 1 aromatic heterocycles. The van der Waals surface area contributed by atoms with Crippen LogP contribution in [0.3, 0.4) is 0 Å². The predicted octanol–water partition coefficient (Wildman–Crippen LogP) is 2.54. The highest BCUT2D eigenvalue weighted by molar-refractivity contribution is 5.62. The van der Waals surface area contributed by atoms with Gasteiger partial charge in [-0.1, -0.05) is 30.3 Å². The van der Waals surface area contributed by atoms with Gasteiger partial charge in [0, 0.05) is 12.0 Å². The van der Waals surface area contributed by atoms with Gasteiger partial charge in [-0.25, -0.2) is 0 Å². The molecule has 96 valence electrons. The predicted molar refractivity (Wildman–Crippen MR) is 59.8 cm³/mol. The lowest BCUT2D eigenvalue weighted by Gasteiger charge is -2.14. The lowest BCUT2D eigenvalue weighted by molar-refractivity contribution is -0.203. The van der Waals surface area contributed by atoms with Gasteiger partial charge in [0.2, 0.25) is 0 Å². The molecule has 1 heterocycles. The maximum Gasteiger partial charge on any atom is 0.414 e. The van der Waals surface area contributed by atoms with Gasteiger partial charge in [0.05, 0.1) is 11.9 Å². The molecule has 0 saturated carbocycles. The number of aromatic nitrogens is 2. The second kappa shape index (κ2) is 4.81. The zero-order valence-electron chi connectivity index (χ0n) is 9.28. The van der Waals surface area contributed by atoms with Crippen LogP contribution in [0.15, 0.2) is 36.5 Å². The van der Waals surface area contributed by atoms with E-state index in [1.165, 1.54) is 6.20 Å². The summed E-state index contributed by atoms with van der Waals surface area (Å²) in [4.78, 5) is 0. The minimum Gasteiger partial charge on any atom is -0.383 e. The average Bonchev–Trinajstić information content (AvgIpc) is 2.77. The van der Waals surface area contributed by atoms with E-state index in [4.69, 9.17) is 5.11 Å². The van der Waals surface area contributed by atoms with E-state index < -0.39 is 18.7 Å². The summed E-state index contributed by atoms with van der Waals surface area (Å²) in [7, 11) is 0. The van der Waals surface area contributed by atoms with E-state index in [1.807, 2.05) is 6.07 Å². The van der Waals surface area contributed by atoms with Crippen LogP contribution >= 0.6 is 0 Å². The van der Waals surface area contributed by atoms with Gasteiger partial charge in [-0.2, -0.15) is 18.3 Å². The second-order valence-electron chi connectivity index (χ2n) is 3.90. The fraction of sp³-hybridized carbons (Fsp3) is 0.250. The quantitative estimate of drug-likeness (QED) is 0.886. The Morgan fingerprint density at radius 1 is 1.22 bits per heavy atom. The van der Waals surface area contributed by atoms with Crippen molar-refractivity contribution < 1.29 is 18.3 Å². The highest BCUT2D eigenvalue weighted by Gasteiger charge is 2.38. The fourth-order valence-corrected chi connectivity index (χ4v) is 1.64. The molecule has 1 atom stereocenters. The smallest absolute Gasteiger partial charge is 0.383 e. The van der Waals surface area contributed by atoms with E-state index in [9.17, 15) is 13.2 Å². The minimum atomic E-state index is -4.62. The molecular formula is C12H11F3N2O. The third-order valence-corrected chi connectivity index (χ3v) is 2.57. The van der Waals surface area contributed by atoms with Gasteiger partial charge in [-0.3, -0.25) is 5.10 Å². The van der Waals surface area contributed by atoms with Crippen molar-refractivity contribution in [3.8, 4) is 11.3 Å². The number of aromatic amines is 1. The lowest BCUT2D eigenvalue weighted by atomic mass is 10.0. The molecule has 1 unspecified atom stereocenters. The summed E-state index contributed by atoms with van der Waals surface area (Å²) in [5.41, 5.74) is 1.57. The second-order valence-corrected chi connectivity index (χ2v) is 3.90. The number of H-pyrrole nitrogens is 1. The van der Waals surface area contributed by atoms with Crippen molar-refractivity contribution in [3.63, 3.8) is 0 Å². The highest BCUT2D eigenvalue weighted by atomic mass is 19.4. The summed E-state index contributed by atoms with van der Waals surface area (Å²) >= 11 is 0. The standard InChI is InChI=1S/C12H11F3N2O/c13-12(14,15)10(18)6-9-7-16-17-11(9)8-4-2-1-3-5-8/h1-5,7,10,18H,6H2,(H,16,17). The number of aliphatic hydroxyl groups excluding tert-OH is 1. The summed E-state index contributed by atoms with van der Waals surface area (Å²) in [5, 5.41) is 15.4. The van der Waals surface area contributed by atoms with E-state index in [0.717, 1.165) is 5.56 Å². The van der Waals surface area contributed by atoms with Crippen LogP contribution in [0.1, 0.15) is 5.56 Å². The number of alkyl halides is 3. The number of halogens is 3. The molecule has 0 aliphatic heterocycles. The Morgan fingerprint density at radius 2 is 1.89 bits per heavy atom. The topological polar surface area (TPSA) is 48.9 Å². The van der Waals surface area contributed by atoms with Crippen LogP contribution in [-0.4, -0.2) is 27.6 Å². The fourth-order valence-electron chi connectivity index (χ4n) is 1.64. The minimum absolute atomic E-state index is 0.339. The van der Waals surface area contributed by atoms with E-state index in [1.54, 1.807) is 24.3 Å². The Hall–Kier alpha value is -1.82. The van der Waals surface area contributed by atoms with Gasteiger partial charge in [0.15, 0.2) is 6.10 Å². The van der Waals surface area contributed by atoms with Crippen LogP contribution in [0.4, 0.5) is 13.2 Å². The Kier molecular flexibility index (Phi) is 3.38. The Labute approximate surface area is 101 Å². The molecule has 0 spiro atoms. The zero-order valence-corrected chi connectivity index (χ0v) is 9.28. The van der Waals surface area contributed by atoms with Crippen molar-refractivity contribution in [1.82, 2.24) is 10.2 Å². The van der Waals surface area contributed by atoms with Crippen LogP contribution in [0.2, 0.25) is 0 Å². The normalized spacial score (nSPS) is 13.6. The molecule has 0 bridgehead atoms. The van der Waals surface area contributed by atoms with Crippen LogP contribution < -0.4 is 0 Å². The summed E-state index contributed by atoms with van der Waals surface area (Å²) in [6.07, 6.45) is -6.20. The molecule has 1 aromatic carbocycles. The number of aliphatic hydroxyl groups is 1. The largest absolute Gasteiger partial charge is 0.414 e. The van der Waals surface area contributed by atoms with Crippen molar-refractivity contribution >= 4 is 0 Å². The first-order valence-corrected chi connectivity index (χ1v) is 5.31. The van der Waals surface area contributed by atoms with Gasteiger partial charge < -0.3 is 5.11 Å². The number of benzene rings is 1. The average molecular weight is 256 g/mol. The summed E-state index contributed by atoms with van der Waals surface area (Å²) in [6, 6.07) is 8.89. The van der Waals surface area contributed by atoms with Crippen LogP contribution in [-0.2, 0) is 6.42 Å². The Balaban J connectivity index is 2.24. The Morgan fingerprint density at radius 3 is 2.50 bits per heavy atom. The van der Waals surface area contributed by atoms with E-state index >= 15 is 0 Å². The van der Waals surface area contributed by atoms with Gasteiger partial charge >= 0.3 is 6.18 Å². The van der Waals surface area contributed by atoms with Gasteiger partial charge in [0.1, 0.15) is 0 Å². The van der Waals surface area contributed by atoms with Crippen molar-refractivity contribution in [3.05, 3.63) is 42.1 Å². The lowest BCUT2D eigenvalue weighted by Crippen LogP contribution is -2.30. The summed E-state index contributed by atoms with van der Waals surface area (Å²) < 4.78 is 36.9. The molecule has 0 fully saturated rings. The molecule has 0 amide bonds. The van der Waals surface area contributed by atoms with Gasteiger partial charge in [-0.15, -0.1) is 0 Å². The molecular weight excluding hydrogens is 245 g/mol. The molecule has 3 nitrogen and oxygen atoms in total. The molecule has 2 N–H and O–H groups in total. The van der Waals surface area contributed by atoms with Crippen molar-refractivity contribution in [2.24, 2.45) is 0 Å². The molecule has 6 heteroatoms. The summed E-state index contributed by atoms with van der Waals surface area (Å²) in [6.45, 7) is 0. The number of nitrogens with zero attached hydrogens (tertiary/aromatic N) is 1. The summed E-state index contributed by atoms with van der Waals surface area (Å²) in [5.74, 6) is 0. The van der Waals surface area contributed by atoms with Gasteiger partial charge in [-0.05, 0) is 5.56 Å². The van der Waals surface area contributed by atoms with Gasteiger partial charge in [0.25, 0.3) is 0 Å². The van der Waals surface area contributed by atoms with Crippen molar-refractivity contribution in [1.29, 1.82) is 0 Å². The number of nitrogens with one attached hydrogen (secondary N) is 1. The molecule has 0 radical (unpaired) electrons. The SMILES string of the molecule is OC(Cc1cn[nH]c1-c1ccccc1)C(F)(F)F. The Bertz CT molecular complexity index is 508. The first-order chi connectivity index (χ1) is 8.48. The van der Waals surface area contributed by atoms with E-state index in [-0.39, 0.29) is 0 Å². The zero-order chi connectivity index (χ0) is 13.2. The molecule has 2 aromatic rings. The van der Waals surface area contributed by atoms with Crippen LogP contribution in [0.5, 0.6) is 0 Å². The molecule has 18 heavy (non-hydrogen) atoms. The third-order valence-electron chi connectivity index (χ3n) is 2.57. The van der Waals surface area contributed by atoms with Crippen LogP contribution in [0, 0.1) is 0 Å². The molecule has 0 aliphatic carbocycles. The molecule has 0 aliphatic rings. The molecule has 0 saturated heterocycles. The van der Waals surface area contributed by atoms with Crippen molar-refractivity contribution in [2.75, 3.05) is 0 Å². The van der Waals surface area contributed by atoms with Crippen molar-refractivity contribution in [2.45, 2.75) is 18.7 Å². The monoisotopic (exact) mass is 256 g/mol. The molecule has 2 rings (SSSR count). The first kappa shape index (κ1) is 12.6. The third kappa shape index (κ3) is 2.70. The number of hydrogen-bond acceptors (Lipinski definition) is 2. The van der Waals surface area contributed by atoms with Crippen LogP contribution in [0.25, 0.3) is 11.3 Å². The highest BCUT2D eigenvalue weighted by Crippen LogP contribution is 2.27. The first-order valence-electron chi connectivity index (χ1n) is 5.31. The number of hydrogen-bond donors (Lipinski definition) is 2. The van der Waals surface area contributed by atoms with E-state index in [0.29, 0.717) is 11.3 Å². The van der Waals surface area contributed by atoms with E-state index in [2.05, 4.69) is 10.2 Å². The maximum atomic E-state index is 12.3. The number of rotatable bonds is 3. The maximum absolute atomic E-state index is 12.3.